The van der Waals surface area contributed by atoms with E-state index in [0.717, 1.165) is 11.1 Å². The van der Waals surface area contributed by atoms with E-state index in [2.05, 4.69) is 0 Å². The minimum Gasteiger partial charge on any atom is -0.459 e. The molecule has 2 bridgehead atoms. The summed E-state index contributed by atoms with van der Waals surface area (Å²) in [6.07, 6.45) is 0.452. The van der Waals surface area contributed by atoms with Crippen molar-refractivity contribution in [2.75, 3.05) is 6.54 Å². The molecule has 2 unspecified atom stereocenters. The zero-order chi connectivity index (χ0) is 16.3. The molecule has 5 heteroatoms. The second kappa shape index (κ2) is 4.84. The molecule has 3 aliphatic rings. The summed E-state index contributed by atoms with van der Waals surface area (Å²) >= 11 is 0. The van der Waals surface area contributed by atoms with Gasteiger partial charge < -0.3 is 14.4 Å². The van der Waals surface area contributed by atoms with E-state index in [1.807, 2.05) is 48.5 Å². The fourth-order valence-electron chi connectivity index (χ4n) is 3.93. The summed E-state index contributed by atoms with van der Waals surface area (Å²) in [5.41, 5.74) is 1.69. The minimum absolute atomic E-state index is 0.0534. The van der Waals surface area contributed by atoms with Gasteiger partial charge in [0.15, 0.2) is 0 Å². The largest absolute Gasteiger partial charge is 0.459 e. The first kappa shape index (κ1) is 13.6. The molecule has 2 aromatic carbocycles. The normalized spacial score (nSPS) is 24.2. The van der Waals surface area contributed by atoms with E-state index in [0.29, 0.717) is 24.5 Å². The van der Waals surface area contributed by atoms with E-state index in [4.69, 9.17) is 9.47 Å². The summed E-state index contributed by atoms with van der Waals surface area (Å²) in [7, 11) is 0. The molecule has 5 rings (SSSR count). The molecule has 2 fully saturated rings. The second-order valence-electron chi connectivity index (χ2n) is 6.41. The van der Waals surface area contributed by atoms with Crippen LogP contribution in [0.2, 0.25) is 0 Å². The van der Waals surface area contributed by atoms with Gasteiger partial charge in [-0.2, -0.15) is 0 Å². The molecule has 24 heavy (non-hydrogen) atoms. The lowest BCUT2D eigenvalue weighted by molar-refractivity contribution is -0.157. The number of carbonyl (C=O) groups excluding carboxylic acids is 2. The lowest BCUT2D eigenvalue weighted by Crippen LogP contribution is -2.46. The molecular weight excluding hydrogens is 306 g/mol. The van der Waals surface area contributed by atoms with E-state index in [1.165, 1.54) is 0 Å². The highest BCUT2D eigenvalue weighted by atomic mass is 16.6. The molecule has 0 saturated carbocycles. The number of benzene rings is 2. The number of morpholine rings is 1. The summed E-state index contributed by atoms with van der Waals surface area (Å²) < 4.78 is 11.2. The summed E-state index contributed by atoms with van der Waals surface area (Å²) in [6, 6.07) is 14.7. The van der Waals surface area contributed by atoms with Gasteiger partial charge in [-0.05, 0) is 12.1 Å². The van der Waals surface area contributed by atoms with Crippen LogP contribution in [-0.4, -0.2) is 35.5 Å². The van der Waals surface area contributed by atoms with Gasteiger partial charge in [0.2, 0.25) is 5.91 Å². The van der Waals surface area contributed by atoms with E-state index >= 15 is 0 Å². The van der Waals surface area contributed by atoms with Crippen molar-refractivity contribution in [3.8, 4) is 11.5 Å². The Hall–Kier alpha value is -2.82. The molecular formula is C19H15NO4. The fraction of sp³-hybridized carbons (Fsp3) is 0.263. The van der Waals surface area contributed by atoms with Gasteiger partial charge in [0.25, 0.3) is 0 Å². The SMILES string of the molecule is O=C1OC2CC1N(C(=O)C1c3ccccc3Oc3ccccc31)C2. The van der Waals surface area contributed by atoms with Crippen LogP contribution in [-0.2, 0) is 14.3 Å². The highest BCUT2D eigenvalue weighted by Crippen LogP contribution is 2.45. The molecule has 0 spiro atoms. The minimum atomic E-state index is -0.446. The Labute approximate surface area is 138 Å². The predicted octanol–water partition coefficient (Wildman–Crippen LogP) is 2.45. The first-order valence-corrected chi connectivity index (χ1v) is 8.09. The Morgan fingerprint density at radius 1 is 1.00 bits per heavy atom. The first-order chi connectivity index (χ1) is 11.7. The maximum Gasteiger partial charge on any atom is 0.329 e. The Morgan fingerprint density at radius 2 is 1.62 bits per heavy atom. The Bertz CT molecular complexity index is 816. The Balaban J connectivity index is 1.60. The molecule has 0 aliphatic carbocycles. The molecule has 5 nitrogen and oxygen atoms in total. The van der Waals surface area contributed by atoms with Crippen LogP contribution in [0.15, 0.2) is 48.5 Å². The number of hydrogen-bond acceptors (Lipinski definition) is 4. The fourth-order valence-corrected chi connectivity index (χ4v) is 3.93. The maximum atomic E-state index is 13.3. The van der Waals surface area contributed by atoms with Crippen LogP contribution in [0.4, 0.5) is 0 Å². The van der Waals surface area contributed by atoms with Crippen LogP contribution in [0.1, 0.15) is 23.5 Å². The lowest BCUT2D eigenvalue weighted by atomic mass is 9.86. The number of carbonyl (C=O) groups is 2. The Kier molecular flexibility index (Phi) is 2.74. The standard InChI is InChI=1S/C19H15NO4/c21-18(20-10-11-9-14(20)19(22)23-11)17-12-5-1-3-7-15(12)24-16-8-4-2-6-13(16)17/h1-8,11,14,17H,9-10H2. The van der Waals surface area contributed by atoms with Gasteiger partial charge in [-0.3, -0.25) is 4.79 Å². The van der Waals surface area contributed by atoms with Crippen molar-refractivity contribution >= 4 is 11.9 Å². The number of esters is 1. The maximum absolute atomic E-state index is 13.3. The van der Waals surface area contributed by atoms with Gasteiger partial charge >= 0.3 is 5.97 Å². The molecule has 3 aliphatic heterocycles. The van der Waals surface area contributed by atoms with Gasteiger partial charge in [-0.15, -0.1) is 0 Å². The number of hydrogen-bond donors (Lipinski definition) is 0. The van der Waals surface area contributed by atoms with Crippen LogP contribution >= 0.6 is 0 Å². The smallest absolute Gasteiger partial charge is 0.329 e. The van der Waals surface area contributed by atoms with Gasteiger partial charge in [-0.1, -0.05) is 36.4 Å². The summed E-state index contributed by atoms with van der Waals surface area (Å²) in [5.74, 6) is 0.608. The molecule has 0 N–H and O–H groups in total. The highest BCUT2D eigenvalue weighted by molar-refractivity contribution is 5.94. The van der Waals surface area contributed by atoms with E-state index in [9.17, 15) is 9.59 Å². The average molecular weight is 321 g/mol. The van der Waals surface area contributed by atoms with E-state index in [-0.39, 0.29) is 18.0 Å². The third-order valence-electron chi connectivity index (χ3n) is 5.03. The molecule has 2 saturated heterocycles. The van der Waals surface area contributed by atoms with Crippen LogP contribution in [0.5, 0.6) is 11.5 Å². The lowest BCUT2D eigenvalue weighted by Gasteiger charge is -2.33. The number of nitrogens with zero attached hydrogens (tertiary/aromatic N) is 1. The van der Waals surface area contributed by atoms with Crippen LogP contribution < -0.4 is 4.74 Å². The molecule has 1 amide bonds. The van der Waals surface area contributed by atoms with Crippen molar-refractivity contribution in [1.82, 2.24) is 4.90 Å². The molecule has 2 atom stereocenters. The van der Waals surface area contributed by atoms with Gasteiger partial charge in [0, 0.05) is 17.5 Å². The van der Waals surface area contributed by atoms with Gasteiger partial charge in [-0.25, -0.2) is 4.79 Å². The van der Waals surface area contributed by atoms with Crippen molar-refractivity contribution in [2.24, 2.45) is 0 Å². The number of amides is 1. The average Bonchev–Trinajstić information content (AvgIpc) is 3.18. The quantitative estimate of drug-likeness (QED) is 0.757. The van der Waals surface area contributed by atoms with Gasteiger partial charge in [0.05, 0.1) is 12.5 Å². The highest BCUT2D eigenvalue weighted by Gasteiger charge is 2.50. The number of ether oxygens (including phenoxy) is 2. The number of fused-ring (bicyclic) bond motifs is 4. The number of para-hydroxylation sites is 2. The predicted molar refractivity (Wildman–Crippen MR) is 84.8 cm³/mol. The summed E-state index contributed by atoms with van der Waals surface area (Å²) in [4.78, 5) is 26.9. The topological polar surface area (TPSA) is 55.8 Å². The zero-order valence-electron chi connectivity index (χ0n) is 12.8. The number of likely N-dealkylation sites (tertiary alicyclic amines) is 1. The van der Waals surface area contributed by atoms with E-state index in [1.54, 1.807) is 4.90 Å². The first-order valence-electron chi connectivity index (χ1n) is 8.09. The summed E-state index contributed by atoms with van der Waals surface area (Å²) in [6.45, 7) is 0.483. The second-order valence-corrected chi connectivity index (χ2v) is 6.41. The number of rotatable bonds is 1. The molecule has 0 radical (unpaired) electrons. The van der Waals surface area contributed by atoms with Crippen LogP contribution in [0.25, 0.3) is 0 Å². The zero-order valence-corrected chi connectivity index (χ0v) is 12.8. The summed E-state index contributed by atoms with van der Waals surface area (Å²) in [5, 5.41) is 0. The molecule has 3 heterocycles. The molecule has 2 aromatic rings. The van der Waals surface area contributed by atoms with Crippen molar-refractivity contribution in [3.63, 3.8) is 0 Å². The van der Waals surface area contributed by atoms with Crippen LogP contribution in [0, 0.1) is 0 Å². The third kappa shape index (κ3) is 1.81. The van der Waals surface area contributed by atoms with Crippen molar-refractivity contribution in [3.05, 3.63) is 59.7 Å². The molecule has 0 aromatic heterocycles. The molecule has 120 valence electrons. The van der Waals surface area contributed by atoms with Crippen molar-refractivity contribution < 1.29 is 19.1 Å². The van der Waals surface area contributed by atoms with E-state index < -0.39 is 12.0 Å². The van der Waals surface area contributed by atoms with Gasteiger partial charge in [0.1, 0.15) is 23.6 Å². The van der Waals surface area contributed by atoms with Crippen molar-refractivity contribution in [2.45, 2.75) is 24.5 Å². The Morgan fingerprint density at radius 3 is 2.21 bits per heavy atom. The van der Waals surface area contributed by atoms with Crippen LogP contribution in [0.3, 0.4) is 0 Å². The third-order valence-corrected chi connectivity index (χ3v) is 5.03. The van der Waals surface area contributed by atoms with Crippen molar-refractivity contribution in [1.29, 1.82) is 0 Å². The monoisotopic (exact) mass is 321 g/mol.